The Kier molecular flexibility index (Phi) is 3.18. The molecule has 106 valence electrons. The van der Waals surface area contributed by atoms with E-state index in [0.717, 1.165) is 16.9 Å². The third-order valence-corrected chi connectivity index (χ3v) is 3.57. The normalized spacial score (nSPS) is 12.7. The highest BCUT2D eigenvalue weighted by atomic mass is 15.3. The van der Waals surface area contributed by atoms with Crippen molar-refractivity contribution in [3.63, 3.8) is 0 Å². The number of fused-ring (bicyclic) bond motifs is 1. The van der Waals surface area contributed by atoms with Crippen LogP contribution in [0.2, 0.25) is 0 Å². The maximum Gasteiger partial charge on any atom is 0.137 e. The van der Waals surface area contributed by atoms with E-state index in [-0.39, 0.29) is 12.1 Å². The molecule has 21 heavy (non-hydrogen) atoms. The van der Waals surface area contributed by atoms with Gasteiger partial charge in [0.05, 0.1) is 22.7 Å². The molecule has 1 atom stereocenters. The second kappa shape index (κ2) is 5.02. The molecule has 3 aromatic rings. The van der Waals surface area contributed by atoms with Gasteiger partial charge in [-0.3, -0.25) is 0 Å². The van der Waals surface area contributed by atoms with Gasteiger partial charge in [0.1, 0.15) is 24.5 Å². The van der Waals surface area contributed by atoms with Crippen LogP contribution in [-0.2, 0) is 0 Å². The highest BCUT2D eigenvalue weighted by Crippen LogP contribution is 2.27. The number of benzene rings is 1. The van der Waals surface area contributed by atoms with Crippen LogP contribution in [0.15, 0.2) is 30.9 Å². The lowest BCUT2D eigenvalue weighted by Crippen LogP contribution is -2.15. The van der Waals surface area contributed by atoms with Gasteiger partial charge in [-0.25, -0.2) is 14.6 Å². The van der Waals surface area contributed by atoms with E-state index in [9.17, 15) is 0 Å². The van der Waals surface area contributed by atoms with Crippen molar-refractivity contribution in [1.82, 2.24) is 24.3 Å². The molecule has 0 amide bonds. The van der Waals surface area contributed by atoms with Gasteiger partial charge in [-0.05, 0) is 39.0 Å². The lowest BCUT2D eigenvalue weighted by atomic mass is 10.2. The van der Waals surface area contributed by atoms with Gasteiger partial charge in [-0.2, -0.15) is 10.4 Å². The number of rotatable bonds is 3. The lowest BCUT2D eigenvalue weighted by molar-refractivity contribution is 0.484. The molecule has 0 radical (unpaired) electrons. The summed E-state index contributed by atoms with van der Waals surface area (Å²) < 4.78 is 3.97. The predicted molar refractivity (Wildman–Crippen MR) is 78.7 cm³/mol. The molecule has 0 bridgehead atoms. The van der Waals surface area contributed by atoms with Crippen molar-refractivity contribution in [2.45, 2.75) is 32.9 Å². The maximum atomic E-state index is 9.03. The Bertz CT molecular complexity index is 807. The molecule has 0 fully saturated rings. The van der Waals surface area contributed by atoms with E-state index < -0.39 is 0 Å². The quantitative estimate of drug-likeness (QED) is 0.739. The molecule has 0 aliphatic rings. The van der Waals surface area contributed by atoms with Crippen molar-refractivity contribution in [1.29, 1.82) is 5.26 Å². The summed E-state index contributed by atoms with van der Waals surface area (Å²) in [6.45, 7) is 6.29. The molecule has 1 aromatic carbocycles. The van der Waals surface area contributed by atoms with Gasteiger partial charge in [0.25, 0.3) is 0 Å². The zero-order chi connectivity index (χ0) is 15.0. The Morgan fingerprint density at radius 3 is 2.67 bits per heavy atom. The van der Waals surface area contributed by atoms with Crippen LogP contribution in [0, 0.1) is 11.3 Å². The van der Waals surface area contributed by atoms with Crippen LogP contribution in [-0.4, -0.2) is 24.3 Å². The van der Waals surface area contributed by atoms with Crippen LogP contribution >= 0.6 is 0 Å². The minimum Gasteiger partial charge on any atom is -0.324 e. The number of nitriles is 1. The molecule has 0 saturated carbocycles. The van der Waals surface area contributed by atoms with Crippen LogP contribution in [0.5, 0.6) is 0 Å². The van der Waals surface area contributed by atoms with E-state index >= 15 is 0 Å². The number of aromatic nitrogens is 5. The summed E-state index contributed by atoms with van der Waals surface area (Å²) in [7, 11) is 0. The standard InChI is InChI=1S/C15H16N6/c1-10(2)21-14-5-4-12(7-16)6-13(14)19-15(21)11(3)20-9-17-8-18-20/h4-6,8-11H,1-3H3. The first-order valence-corrected chi connectivity index (χ1v) is 6.88. The summed E-state index contributed by atoms with van der Waals surface area (Å²) in [6.07, 6.45) is 3.21. The van der Waals surface area contributed by atoms with E-state index in [4.69, 9.17) is 10.2 Å². The van der Waals surface area contributed by atoms with Crippen LogP contribution in [0.3, 0.4) is 0 Å². The molecule has 6 heteroatoms. The molecule has 6 nitrogen and oxygen atoms in total. The van der Waals surface area contributed by atoms with E-state index in [2.05, 4.69) is 34.6 Å². The summed E-state index contributed by atoms with van der Waals surface area (Å²) in [4.78, 5) is 8.72. The van der Waals surface area contributed by atoms with Crippen molar-refractivity contribution in [3.8, 4) is 6.07 Å². The average molecular weight is 280 g/mol. The molecule has 2 heterocycles. The Morgan fingerprint density at radius 2 is 2.05 bits per heavy atom. The smallest absolute Gasteiger partial charge is 0.137 e. The molecule has 0 saturated heterocycles. The summed E-state index contributed by atoms with van der Waals surface area (Å²) in [6, 6.07) is 8.01. The zero-order valence-corrected chi connectivity index (χ0v) is 12.2. The van der Waals surface area contributed by atoms with Crippen LogP contribution in [0.1, 0.15) is 44.2 Å². The summed E-state index contributed by atoms with van der Waals surface area (Å²) in [5.41, 5.74) is 2.49. The molecule has 0 aliphatic heterocycles. The number of hydrogen-bond acceptors (Lipinski definition) is 4. The third kappa shape index (κ3) is 2.17. The Balaban J connectivity index is 2.22. The van der Waals surface area contributed by atoms with Gasteiger partial charge in [0.2, 0.25) is 0 Å². The lowest BCUT2D eigenvalue weighted by Gasteiger charge is -2.17. The zero-order valence-electron chi connectivity index (χ0n) is 12.2. The molecule has 2 aromatic heterocycles. The predicted octanol–water partition coefficient (Wildman–Crippen LogP) is 2.69. The highest BCUT2D eigenvalue weighted by Gasteiger charge is 2.20. The Labute approximate surface area is 122 Å². The van der Waals surface area contributed by atoms with E-state index in [0.29, 0.717) is 5.56 Å². The second-order valence-corrected chi connectivity index (χ2v) is 5.30. The Hall–Kier alpha value is -2.68. The van der Waals surface area contributed by atoms with Crippen molar-refractivity contribution < 1.29 is 0 Å². The van der Waals surface area contributed by atoms with E-state index in [1.165, 1.54) is 6.33 Å². The first kappa shape index (κ1) is 13.3. The average Bonchev–Trinajstić information content (AvgIpc) is 3.12. The SMILES string of the molecule is CC(c1nc2cc(C#N)ccc2n1C(C)C)n1cncn1. The number of hydrogen-bond donors (Lipinski definition) is 0. The number of nitrogens with zero attached hydrogens (tertiary/aromatic N) is 6. The summed E-state index contributed by atoms with van der Waals surface area (Å²) in [5.74, 6) is 0.917. The Morgan fingerprint density at radius 1 is 1.24 bits per heavy atom. The molecular weight excluding hydrogens is 264 g/mol. The van der Waals surface area contributed by atoms with Crippen LogP contribution in [0.25, 0.3) is 11.0 Å². The van der Waals surface area contributed by atoms with Gasteiger partial charge in [-0.1, -0.05) is 0 Å². The molecule has 0 spiro atoms. The topological polar surface area (TPSA) is 72.3 Å². The summed E-state index contributed by atoms with van der Waals surface area (Å²) >= 11 is 0. The van der Waals surface area contributed by atoms with Crippen LogP contribution in [0.4, 0.5) is 0 Å². The van der Waals surface area contributed by atoms with Crippen molar-refractivity contribution >= 4 is 11.0 Å². The fourth-order valence-corrected chi connectivity index (χ4v) is 2.56. The van der Waals surface area contributed by atoms with Crippen LogP contribution < -0.4 is 0 Å². The fraction of sp³-hybridized carbons (Fsp3) is 0.333. The minimum absolute atomic E-state index is 0.0205. The molecule has 1 unspecified atom stereocenters. The second-order valence-electron chi connectivity index (χ2n) is 5.30. The molecular formula is C15H16N6. The van der Waals surface area contributed by atoms with Gasteiger partial charge in [-0.15, -0.1) is 0 Å². The van der Waals surface area contributed by atoms with Crippen molar-refractivity contribution in [3.05, 3.63) is 42.2 Å². The first-order chi connectivity index (χ1) is 10.1. The van der Waals surface area contributed by atoms with Gasteiger partial charge in [0, 0.05) is 6.04 Å². The first-order valence-electron chi connectivity index (χ1n) is 6.88. The third-order valence-electron chi connectivity index (χ3n) is 3.57. The summed E-state index contributed by atoms with van der Waals surface area (Å²) in [5, 5.41) is 13.2. The monoisotopic (exact) mass is 280 g/mol. The highest BCUT2D eigenvalue weighted by molar-refractivity contribution is 5.78. The maximum absolute atomic E-state index is 9.03. The van der Waals surface area contributed by atoms with E-state index in [1.54, 1.807) is 11.0 Å². The fourth-order valence-electron chi connectivity index (χ4n) is 2.56. The number of imidazole rings is 1. The van der Waals surface area contributed by atoms with Gasteiger partial charge >= 0.3 is 0 Å². The minimum atomic E-state index is -0.0205. The van der Waals surface area contributed by atoms with Gasteiger partial charge < -0.3 is 4.57 Å². The molecule has 0 aliphatic carbocycles. The van der Waals surface area contributed by atoms with Crippen molar-refractivity contribution in [2.75, 3.05) is 0 Å². The largest absolute Gasteiger partial charge is 0.324 e. The molecule has 3 rings (SSSR count). The van der Waals surface area contributed by atoms with Crippen molar-refractivity contribution in [2.24, 2.45) is 0 Å². The van der Waals surface area contributed by atoms with E-state index in [1.807, 2.05) is 25.1 Å². The van der Waals surface area contributed by atoms with Gasteiger partial charge in [0.15, 0.2) is 0 Å². The molecule has 0 N–H and O–H groups in total.